The lowest BCUT2D eigenvalue weighted by molar-refractivity contribution is 0.122. The van der Waals surface area contributed by atoms with E-state index >= 15 is 0 Å². The summed E-state index contributed by atoms with van der Waals surface area (Å²) in [4.78, 5) is 6.90. The van der Waals surface area contributed by atoms with Crippen molar-refractivity contribution in [2.75, 3.05) is 49.6 Å². The molecule has 1 atom stereocenters. The van der Waals surface area contributed by atoms with E-state index in [0.717, 1.165) is 43.5 Å². The van der Waals surface area contributed by atoms with Crippen molar-refractivity contribution in [2.45, 2.75) is 12.5 Å². The van der Waals surface area contributed by atoms with Crippen molar-refractivity contribution in [1.29, 1.82) is 0 Å². The van der Waals surface area contributed by atoms with Crippen molar-refractivity contribution in [1.82, 2.24) is 20.5 Å². The number of halogens is 1. The SMILES string of the molecule is Clc1ccc(NC(CNCCc2ccccc2)c2nc(N3CCOCC3)n[nH]2)cc1. The smallest absolute Gasteiger partial charge is 0.244 e. The van der Waals surface area contributed by atoms with Crippen LogP contribution in [-0.4, -0.2) is 54.6 Å². The number of morpholine rings is 1. The van der Waals surface area contributed by atoms with Gasteiger partial charge in [-0.25, -0.2) is 0 Å². The summed E-state index contributed by atoms with van der Waals surface area (Å²) in [6.45, 7) is 4.62. The maximum absolute atomic E-state index is 6.03. The Bertz CT molecular complexity index is 896. The average Bonchev–Trinajstić information content (AvgIpc) is 3.29. The van der Waals surface area contributed by atoms with E-state index in [1.54, 1.807) is 0 Å². The van der Waals surface area contributed by atoms with Gasteiger partial charge in [-0.05, 0) is 42.8 Å². The number of aromatic nitrogens is 3. The number of nitrogens with one attached hydrogen (secondary N) is 3. The zero-order valence-electron chi connectivity index (χ0n) is 16.9. The highest BCUT2D eigenvalue weighted by molar-refractivity contribution is 6.30. The Morgan fingerprint density at radius 3 is 2.60 bits per heavy atom. The number of hydrogen-bond donors (Lipinski definition) is 3. The van der Waals surface area contributed by atoms with Crippen LogP contribution in [0.5, 0.6) is 0 Å². The van der Waals surface area contributed by atoms with Gasteiger partial charge in [-0.2, -0.15) is 4.98 Å². The Hall–Kier alpha value is -2.61. The predicted molar refractivity (Wildman–Crippen MR) is 120 cm³/mol. The molecule has 4 rings (SSSR count). The summed E-state index contributed by atoms with van der Waals surface area (Å²) in [6, 6.07) is 18.1. The molecule has 158 valence electrons. The molecule has 1 aromatic heterocycles. The molecule has 3 aromatic rings. The lowest BCUT2D eigenvalue weighted by Gasteiger charge is -2.25. The lowest BCUT2D eigenvalue weighted by Crippen LogP contribution is -2.37. The number of hydrogen-bond acceptors (Lipinski definition) is 6. The maximum atomic E-state index is 6.03. The third kappa shape index (κ3) is 5.72. The first kappa shape index (κ1) is 20.7. The van der Waals surface area contributed by atoms with Crippen LogP contribution in [0.25, 0.3) is 0 Å². The second-order valence-corrected chi connectivity index (χ2v) is 7.70. The molecule has 0 amide bonds. The molecule has 7 nitrogen and oxygen atoms in total. The van der Waals surface area contributed by atoms with Crippen LogP contribution in [0.4, 0.5) is 11.6 Å². The zero-order chi connectivity index (χ0) is 20.6. The Kier molecular flexibility index (Phi) is 7.18. The standard InChI is InChI=1S/C22H27ClN6O/c23-18-6-8-19(9-7-18)25-20(16-24-11-10-17-4-2-1-3-5-17)21-26-22(28-27-21)29-12-14-30-15-13-29/h1-9,20,24-25H,10-16H2,(H,26,27,28). The van der Waals surface area contributed by atoms with Crippen molar-refractivity contribution in [2.24, 2.45) is 0 Å². The predicted octanol–water partition coefficient (Wildman–Crippen LogP) is 3.28. The van der Waals surface area contributed by atoms with Gasteiger partial charge in [0.1, 0.15) is 5.82 Å². The van der Waals surface area contributed by atoms with Gasteiger partial charge in [-0.15, -0.1) is 5.10 Å². The highest BCUT2D eigenvalue weighted by atomic mass is 35.5. The molecule has 1 saturated heterocycles. The van der Waals surface area contributed by atoms with Gasteiger partial charge < -0.3 is 20.3 Å². The number of anilines is 2. The van der Waals surface area contributed by atoms with Crippen LogP contribution >= 0.6 is 11.6 Å². The van der Waals surface area contributed by atoms with Gasteiger partial charge in [-0.3, -0.25) is 5.10 Å². The monoisotopic (exact) mass is 426 g/mol. The van der Waals surface area contributed by atoms with Crippen LogP contribution in [0.3, 0.4) is 0 Å². The molecular formula is C22H27ClN6O. The van der Waals surface area contributed by atoms with Crippen molar-refractivity contribution in [3.63, 3.8) is 0 Å². The van der Waals surface area contributed by atoms with E-state index in [1.807, 2.05) is 30.3 Å². The van der Waals surface area contributed by atoms with Gasteiger partial charge >= 0.3 is 0 Å². The van der Waals surface area contributed by atoms with Crippen LogP contribution < -0.4 is 15.5 Å². The summed E-state index contributed by atoms with van der Waals surface area (Å²) in [5.41, 5.74) is 2.31. The molecule has 1 aliphatic rings. The summed E-state index contributed by atoms with van der Waals surface area (Å²) in [7, 11) is 0. The number of rotatable bonds is 9. The highest BCUT2D eigenvalue weighted by Crippen LogP contribution is 2.20. The van der Waals surface area contributed by atoms with Crippen LogP contribution in [0.2, 0.25) is 5.02 Å². The number of nitrogens with zero attached hydrogens (tertiary/aromatic N) is 3. The molecule has 0 radical (unpaired) electrons. The molecule has 0 spiro atoms. The quantitative estimate of drug-likeness (QED) is 0.456. The lowest BCUT2D eigenvalue weighted by atomic mass is 10.1. The molecule has 1 aliphatic heterocycles. The number of benzene rings is 2. The van der Waals surface area contributed by atoms with E-state index in [9.17, 15) is 0 Å². The largest absolute Gasteiger partial charge is 0.378 e. The van der Waals surface area contributed by atoms with Gasteiger partial charge in [0.25, 0.3) is 0 Å². The van der Waals surface area contributed by atoms with E-state index in [2.05, 4.69) is 50.0 Å². The Labute approximate surface area is 181 Å². The molecule has 30 heavy (non-hydrogen) atoms. The molecule has 1 fully saturated rings. The third-order valence-corrected chi connectivity index (χ3v) is 5.33. The summed E-state index contributed by atoms with van der Waals surface area (Å²) in [5.74, 6) is 1.53. The van der Waals surface area contributed by atoms with Crippen LogP contribution in [0.1, 0.15) is 17.4 Å². The van der Waals surface area contributed by atoms with Gasteiger partial charge in [-0.1, -0.05) is 41.9 Å². The topological polar surface area (TPSA) is 78.1 Å². The number of H-pyrrole nitrogens is 1. The fourth-order valence-electron chi connectivity index (χ4n) is 3.41. The normalized spacial score (nSPS) is 15.2. The highest BCUT2D eigenvalue weighted by Gasteiger charge is 2.20. The second kappa shape index (κ2) is 10.4. The number of ether oxygens (including phenoxy) is 1. The fourth-order valence-corrected chi connectivity index (χ4v) is 3.54. The second-order valence-electron chi connectivity index (χ2n) is 7.26. The van der Waals surface area contributed by atoms with Crippen molar-refractivity contribution >= 4 is 23.2 Å². The minimum Gasteiger partial charge on any atom is -0.378 e. The molecule has 2 heterocycles. The van der Waals surface area contributed by atoms with Gasteiger partial charge in [0.05, 0.1) is 19.3 Å². The molecule has 0 bridgehead atoms. The first-order valence-corrected chi connectivity index (χ1v) is 10.7. The zero-order valence-corrected chi connectivity index (χ0v) is 17.6. The molecule has 0 saturated carbocycles. The number of aromatic amines is 1. The van der Waals surface area contributed by atoms with E-state index in [4.69, 9.17) is 21.3 Å². The van der Waals surface area contributed by atoms with E-state index < -0.39 is 0 Å². The van der Waals surface area contributed by atoms with E-state index in [1.165, 1.54) is 5.56 Å². The van der Waals surface area contributed by atoms with E-state index in [-0.39, 0.29) is 6.04 Å². The fraction of sp³-hybridized carbons (Fsp3) is 0.364. The third-order valence-electron chi connectivity index (χ3n) is 5.08. The maximum Gasteiger partial charge on any atom is 0.244 e. The summed E-state index contributed by atoms with van der Waals surface area (Å²) in [6.07, 6.45) is 0.976. The van der Waals surface area contributed by atoms with Crippen molar-refractivity contribution in [3.8, 4) is 0 Å². The van der Waals surface area contributed by atoms with Crippen molar-refractivity contribution < 1.29 is 4.74 Å². The summed E-state index contributed by atoms with van der Waals surface area (Å²) < 4.78 is 5.43. The summed E-state index contributed by atoms with van der Waals surface area (Å²) in [5, 5.41) is 15.4. The molecule has 1 unspecified atom stereocenters. The Balaban J connectivity index is 1.41. The first-order valence-electron chi connectivity index (χ1n) is 10.3. The Morgan fingerprint density at radius 2 is 1.83 bits per heavy atom. The average molecular weight is 427 g/mol. The van der Waals surface area contributed by atoms with Crippen molar-refractivity contribution in [3.05, 3.63) is 71.0 Å². The van der Waals surface area contributed by atoms with Gasteiger partial charge in [0.15, 0.2) is 0 Å². The molecule has 0 aliphatic carbocycles. The van der Waals surface area contributed by atoms with Gasteiger partial charge in [0, 0.05) is 30.3 Å². The first-order chi connectivity index (χ1) is 14.8. The minimum atomic E-state index is -0.0516. The van der Waals surface area contributed by atoms with Crippen LogP contribution in [-0.2, 0) is 11.2 Å². The Morgan fingerprint density at radius 1 is 1.07 bits per heavy atom. The van der Waals surface area contributed by atoms with Crippen LogP contribution in [0.15, 0.2) is 54.6 Å². The molecule has 3 N–H and O–H groups in total. The minimum absolute atomic E-state index is 0.0516. The molecule has 8 heteroatoms. The van der Waals surface area contributed by atoms with Crippen LogP contribution in [0, 0.1) is 0 Å². The molecule has 2 aromatic carbocycles. The van der Waals surface area contributed by atoms with E-state index in [0.29, 0.717) is 24.8 Å². The summed E-state index contributed by atoms with van der Waals surface area (Å²) >= 11 is 6.03. The van der Waals surface area contributed by atoms with Gasteiger partial charge in [0.2, 0.25) is 5.95 Å². The molecular weight excluding hydrogens is 400 g/mol.